The molecule has 1 aliphatic heterocycles. The summed E-state index contributed by atoms with van der Waals surface area (Å²) < 4.78 is 4.97. The summed E-state index contributed by atoms with van der Waals surface area (Å²) in [7, 11) is 1.43. The summed E-state index contributed by atoms with van der Waals surface area (Å²) in [6.07, 6.45) is 1.95. The molecule has 7 heteroatoms. The summed E-state index contributed by atoms with van der Waals surface area (Å²) in [4.78, 5) is 29.5. The smallest absolute Gasteiger partial charge is 0.311 e. The molecule has 26 heavy (non-hydrogen) atoms. The van der Waals surface area contributed by atoms with E-state index in [1.54, 1.807) is 6.07 Å². The number of aromatic nitrogens is 1. The van der Waals surface area contributed by atoms with Gasteiger partial charge in [-0.15, -0.1) is 0 Å². The van der Waals surface area contributed by atoms with Gasteiger partial charge >= 0.3 is 5.97 Å². The maximum absolute atomic E-state index is 12.1. The molecule has 1 atom stereocenters. The number of fused-ring (bicyclic) bond motifs is 1. The van der Waals surface area contributed by atoms with Gasteiger partial charge in [0.1, 0.15) is 5.82 Å². The average Bonchev–Trinajstić information content (AvgIpc) is 2.66. The molecule has 0 bridgehead atoms. The zero-order valence-electron chi connectivity index (χ0n) is 15.3. The SMILES string of the molecule is COC(=O)C(C)(C)C1CCCN(c2ccc3cc([N+](=O)[O-])ccc3n2)C1. The first-order chi connectivity index (χ1) is 12.3. The van der Waals surface area contributed by atoms with Gasteiger partial charge in [0.05, 0.1) is 23.0 Å². The maximum atomic E-state index is 12.1. The number of carbonyl (C=O) groups is 1. The molecule has 2 heterocycles. The van der Waals surface area contributed by atoms with Crippen molar-refractivity contribution in [2.45, 2.75) is 26.7 Å². The fourth-order valence-electron chi connectivity index (χ4n) is 3.60. The molecule has 1 aromatic carbocycles. The lowest BCUT2D eigenvalue weighted by Gasteiger charge is -2.40. The second kappa shape index (κ2) is 6.90. The van der Waals surface area contributed by atoms with Gasteiger partial charge in [-0.3, -0.25) is 14.9 Å². The fraction of sp³-hybridized carbons (Fsp3) is 0.474. The van der Waals surface area contributed by atoms with E-state index in [1.807, 2.05) is 26.0 Å². The van der Waals surface area contributed by atoms with Crippen molar-refractivity contribution in [3.05, 3.63) is 40.4 Å². The number of carbonyl (C=O) groups excluding carboxylic acids is 1. The van der Waals surface area contributed by atoms with Crippen molar-refractivity contribution >= 4 is 28.4 Å². The first-order valence-corrected chi connectivity index (χ1v) is 8.71. The number of nitrogens with zero attached hydrogens (tertiary/aromatic N) is 3. The van der Waals surface area contributed by atoms with Crippen LogP contribution in [0.3, 0.4) is 0 Å². The number of nitro groups is 1. The van der Waals surface area contributed by atoms with E-state index in [-0.39, 0.29) is 17.6 Å². The van der Waals surface area contributed by atoms with Gasteiger partial charge in [0.2, 0.25) is 0 Å². The predicted molar refractivity (Wildman–Crippen MR) is 99.1 cm³/mol. The van der Waals surface area contributed by atoms with E-state index in [0.717, 1.165) is 42.7 Å². The number of benzene rings is 1. The van der Waals surface area contributed by atoms with Gasteiger partial charge in [-0.05, 0) is 50.8 Å². The van der Waals surface area contributed by atoms with Gasteiger partial charge < -0.3 is 9.64 Å². The molecule has 0 radical (unpaired) electrons. The van der Waals surface area contributed by atoms with Crippen LogP contribution >= 0.6 is 0 Å². The Labute approximate surface area is 152 Å². The average molecular weight is 357 g/mol. The Morgan fingerprint density at radius 3 is 2.81 bits per heavy atom. The molecule has 0 saturated carbocycles. The number of hydrogen-bond donors (Lipinski definition) is 0. The quantitative estimate of drug-likeness (QED) is 0.472. The predicted octanol–water partition coefficient (Wildman–Crippen LogP) is 3.56. The fourth-order valence-corrected chi connectivity index (χ4v) is 3.60. The highest BCUT2D eigenvalue weighted by molar-refractivity contribution is 5.82. The number of hydrogen-bond acceptors (Lipinski definition) is 6. The van der Waals surface area contributed by atoms with E-state index < -0.39 is 10.3 Å². The van der Waals surface area contributed by atoms with Crippen LogP contribution in [-0.2, 0) is 9.53 Å². The van der Waals surface area contributed by atoms with Crippen LogP contribution in [0.25, 0.3) is 10.9 Å². The summed E-state index contributed by atoms with van der Waals surface area (Å²) in [6.45, 7) is 5.47. The van der Waals surface area contributed by atoms with Crippen molar-refractivity contribution < 1.29 is 14.5 Å². The van der Waals surface area contributed by atoms with E-state index >= 15 is 0 Å². The molecule has 138 valence electrons. The molecular weight excluding hydrogens is 334 g/mol. The van der Waals surface area contributed by atoms with Crippen LogP contribution in [0.2, 0.25) is 0 Å². The Balaban J connectivity index is 1.85. The van der Waals surface area contributed by atoms with E-state index in [4.69, 9.17) is 4.74 Å². The monoisotopic (exact) mass is 357 g/mol. The molecule has 2 aromatic rings. The number of methoxy groups -OCH3 is 1. The van der Waals surface area contributed by atoms with Gasteiger partial charge in [-0.1, -0.05) is 0 Å². The minimum Gasteiger partial charge on any atom is -0.469 e. The van der Waals surface area contributed by atoms with Gasteiger partial charge in [0.25, 0.3) is 5.69 Å². The number of ether oxygens (including phenoxy) is 1. The molecule has 0 amide bonds. The minimum absolute atomic E-state index is 0.0601. The van der Waals surface area contributed by atoms with Crippen LogP contribution in [-0.4, -0.2) is 36.1 Å². The highest BCUT2D eigenvalue weighted by Crippen LogP contribution is 2.36. The van der Waals surface area contributed by atoms with Crippen LogP contribution in [0.1, 0.15) is 26.7 Å². The zero-order valence-corrected chi connectivity index (χ0v) is 15.3. The third-order valence-corrected chi connectivity index (χ3v) is 5.35. The summed E-state index contributed by atoms with van der Waals surface area (Å²) >= 11 is 0. The molecule has 3 rings (SSSR count). The molecule has 0 aliphatic carbocycles. The topological polar surface area (TPSA) is 85.6 Å². The first-order valence-electron chi connectivity index (χ1n) is 8.71. The third-order valence-electron chi connectivity index (χ3n) is 5.35. The molecule has 1 unspecified atom stereocenters. The second-order valence-corrected chi connectivity index (χ2v) is 7.30. The largest absolute Gasteiger partial charge is 0.469 e. The molecule has 1 saturated heterocycles. The molecule has 1 aliphatic rings. The lowest BCUT2D eigenvalue weighted by Crippen LogP contribution is -2.45. The van der Waals surface area contributed by atoms with E-state index in [1.165, 1.54) is 19.2 Å². The molecule has 0 spiro atoms. The van der Waals surface area contributed by atoms with Crippen molar-refractivity contribution in [2.75, 3.05) is 25.1 Å². The number of rotatable bonds is 4. The summed E-state index contributed by atoms with van der Waals surface area (Å²) in [5.41, 5.74) is 0.234. The Hall–Kier alpha value is -2.70. The first kappa shape index (κ1) is 18.1. The lowest BCUT2D eigenvalue weighted by atomic mass is 9.74. The lowest BCUT2D eigenvalue weighted by molar-refractivity contribution is -0.384. The molecule has 7 nitrogen and oxygen atoms in total. The van der Waals surface area contributed by atoms with Gasteiger partial charge in [-0.25, -0.2) is 4.98 Å². The van der Waals surface area contributed by atoms with Gasteiger partial charge in [0, 0.05) is 30.6 Å². The van der Waals surface area contributed by atoms with E-state index in [2.05, 4.69) is 9.88 Å². The Morgan fingerprint density at radius 2 is 2.12 bits per heavy atom. The third kappa shape index (κ3) is 3.34. The Kier molecular flexibility index (Phi) is 4.80. The second-order valence-electron chi connectivity index (χ2n) is 7.30. The minimum atomic E-state index is -0.551. The van der Waals surface area contributed by atoms with Gasteiger partial charge in [0.15, 0.2) is 0 Å². The van der Waals surface area contributed by atoms with E-state index in [9.17, 15) is 14.9 Å². The van der Waals surface area contributed by atoms with Crippen LogP contribution in [0, 0.1) is 21.4 Å². The molecule has 1 aromatic heterocycles. The molecule has 0 N–H and O–H groups in total. The van der Waals surface area contributed by atoms with Crippen LogP contribution in [0.4, 0.5) is 11.5 Å². The Bertz CT molecular complexity index is 850. The maximum Gasteiger partial charge on any atom is 0.311 e. The highest BCUT2D eigenvalue weighted by Gasteiger charge is 2.40. The van der Waals surface area contributed by atoms with Crippen molar-refractivity contribution in [3.8, 4) is 0 Å². The number of piperidine rings is 1. The Morgan fingerprint density at radius 1 is 1.35 bits per heavy atom. The van der Waals surface area contributed by atoms with Crippen molar-refractivity contribution in [1.29, 1.82) is 0 Å². The molecule has 1 fully saturated rings. The standard InChI is InChI=1S/C19H23N3O4/c1-19(2,18(23)26-3)14-5-4-10-21(12-14)17-9-6-13-11-15(22(24)25)7-8-16(13)20-17/h6-9,11,14H,4-5,10,12H2,1-3H3. The van der Waals surface area contributed by atoms with Crippen LogP contribution in [0.15, 0.2) is 30.3 Å². The summed E-state index contributed by atoms with van der Waals surface area (Å²) in [5.74, 6) is 0.818. The summed E-state index contributed by atoms with van der Waals surface area (Å²) in [5, 5.41) is 11.6. The highest BCUT2D eigenvalue weighted by atomic mass is 16.6. The number of non-ortho nitro benzene ring substituents is 1. The number of nitro benzene ring substituents is 1. The van der Waals surface area contributed by atoms with Crippen LogP contribution < -0.4 is 4.90 Å². The van der Waals surface area contributed by atoms with Crippen molar-refractivity contribution in [2.24, 2.45) is 11.3 Å². The van der Waals surface area contributed by atoms with Crippen molar-refractivity contribution in [1.82, 2.24) is 4.98 Å². The number of esters is 1. The zero-order chi connectivity index (χ0) is 18.9. The summed E-state index contributed by atoms with van der Waals surface area (Å²) in [6, 6.07) is 8.43. The normalized spacial score (nSPS) is 18.0. The molecular formula is C19H23N3O4. The number of anilines is 1. The van der Waals surface area contributed by atoms with E-state index in [0.29, 0.717) is 0 Å². The van der Waals surface area contributed by atoms with Crippen LogP contribution in [0.5, 0.6) is 0 Å². The number of pyridine rings is 1. The van der Waals surface area contributed by atoms with Crippen molar-refractivity contribution in [3.63, 3.8) is 0 Å². The van der Waals surface area contributed by atoms with Gasteiger partial charge in [-0.2, -0.15) is 0 Å².